The molecule has 5 heterocycles. The molecule has 0 aliphatic carbocycles. The van der Waals surface area contributed by atoms with E-state index >= 15 is 0 Å². The smallest absolute Gasteiger partial charge is 0.503 e. The first kappa shape index (κ1) is 29.4. The van der Waals surface area contributed by atoms with E-state index in [1.807, 2.05) is 54.6 Å². The molecule has 48 heavy (non-hydrogen) atoms. The Morgan fingerprint density at radius 2 is 1.46 bits per heavy atom. The molecule has 10 rings (SSSR count). The van der Waals surface area contributed by atoms with Crippen LogP contribution in [0.1, 0.15) is 0 Å². The van der Waals surface area contributed by atoms with Crippen LogP contribution < -0.4 is 15.1 Å². The molecule has 0 saturated heterocycles. The standard InChI is InChI=1S/C40H26N4OSSi.Pd/c1-47(2)37-15-6-5-14-35(37)46-36-23-31-30-12-8-18-41-40(30)44(34(31)24-38(36)47)25-9-7-10-26(21-25)45-27-16-17-28-29-11-3-4-13-33(29)43-20-19-42-39(43)32(28)22-27;/h3-20,23-24H,1-2H3;/q-2;+2. The predicted molar refractivity (Wildman–Crippen MR) is 194 cm³/mol. The Labute approximate surface area is 295 Å². The number of fused-ring (bicyclic) bond motifs is 11. The molecule has 5 nitrogen and oxygen atoms in total. The first-order valence-electron chi connectivity index (χ1n) is 15.7. The molecular formula is C40H26N4OPdSSi. The van der Waals surface area contributed by atoms with Crippen LogP contribution in [0.4, 0.5) is 0 Å². The van der Waals surface area contributed by atoms with Crippen molar-refractivity contribution in [1.82, 2.24) is 18.9 Å². The third-order valence-electron chi connectivity index (χ3n) is 9.53. The molecule has 8 heteroatoms. The minimum Gasteiger partial charge on any atom is -0.503 e. The van der Waals surface area contributed by atoms with E-state index in [1.54, 1.807) is 0 Å². The number of hydrogen-bond donors (Lipinski definition) is 0. The fourth-order valence-corrected chi connectivity index (χ4v) is 12.7. The molecule has 0 spiro atoms. The Kier molecular flexibility index (Phi) is 6.69. The van der Waals surface area contributed by atoms with Gasteiger partial charge < -0.3 is 13.7 Å². The molecule has 0 fully saturated rings. The average Bonchev–Trinajstić information content (AvgIpc) is 3.72. The maximum absolute atomic E-state index is 6.47. The van der Waals surface area contributed by atoms with Gasteiger partial charge in [-0.1, -0.05) is 83.8 Å². The van der Waals surface area contributed by atoms with Gasteiger partial charge in [-0.25, -0.2) is 4.98 Å². The molecule has 0 amide bonds. The molecule has 0 saturated carbocycles. The molecule has 5 aromatic carbocycles. The maximum atomic E-state index is 6.47. The van der Waals surface area contributed by atoms with Crippen molar-refractivity contribution in [3.05, 3.63) is 134 Å². The molecule has 9 aromatic rings. The summed E-state index contributed by atoms with van der Waals surface area (Å²) in [4.78, 5) is 12.3. The average molecular weight is 745 g/mol. The van der Waals surface area contributed by atoms with E-state index in [-0.39, 0.29) is 20.4 Å². The van der Waals surface area contributed by atoms with Gasteiger partial charge in [-0.2, -0.15) is 6.07 Å². The maximum Gasteiger partial charge on any atom is 2.00 e. The first-order valence-corrected chi connectivity index (χ1v) is 19.5. The van der Waals surface area contributed by atoms with E-state index in [0.29, 0.717) is 11.5 Å². The van der Waals surface area contributed by atoms with Crippen LogP contribution in [-0.2, 0) is 20.4 Å². The minimum atomic E-state index is -1.94. The SMILES string of the molecule is C[Si]1(C)c2ccccc2Sc2cc3c4cccnc4n(-c4[c-]c(Oc5[c-]c6c(cc5)c5ccccc5n5ccnc65)ccc4)c3cc21.[Pd+2]. The number of pyridine rings is 2. The molecule has 1 aliphatic rings. The van der Waals surface area contributed by atoms with Crippen molar-refractivity contribution in [2.75, 3.05) is 0 Å². The largest absolute Gasteiger partial charge is 2.00 e. The van der Waals surface area contributed by atoms with Gasteiger partial charge in [-0.05, 0) is 52.2 Å². The van der Waals surface area contributed by atoms with Gasteiger partial charge in [0.15, 0.2) is 0 Å². The van der Waals surface area contributed by atoms with E-state index < -0.39 is 8.07 Å². The van der Waals surface area contributed by atoms with Gasteiger partial charge in [0.05, 0.1) is 11.2 Å². The van der Waals surface area contributed by atoms with Crippen LogP contribution in [0.15, 0.2) is 132 Å². The number of hydrogen-bond acceptors (Lipinski definition) is 4. The number of nitrogens with zero attached hydrogens (tertiary/aromatic N) is 4. The summed E-state index contributed by atoms with van der Waals surface area (Å²) in [6.07, 6.45) is 5.69. The Hall–Kier alpha value is -4.71. The van der Waals surface area contributed by atoms with Gasteiger partial charge in [-0.15, -0.1) is 30.3 Å². The van der Waals surface area contributed by atoms with Crippen LogP contribution >= 0.6 is 11.8 Å². The van der Waals surface area contributed by atoms with Crippen LogP contribution in [0.2, 0.25) is 13.1 Å². The molecule has 4 aromatic heterocycles. The second-order valence-corrected chi connectivity index (χ2v) is 18.0. The van der Waals surface area contributed by atoms with Gasteiger partial charge in [-0.3, -0.25) is 4.98 Å². The molecule has 0 bridgehead atoms. The van der Waals surface area contributed by atoms with Crippen LogP contribution in [0.5, 0.6) is 11.5 Å². The minimum absolute atomic E-state index is 0. The van der Waals surface area contributed by atoms with Crippen LogP contribution in [0.3, 0.4) is 0 Å². The fraction of sp³-hybridized carbons (Fsp3) is 0.0500. The summed E-state index contributed by atoms with van der Waals surface area (Å²) in [5, 5.41) is 8.44. The van der Waals surface area contributed by atoms with Crippen molar-refractivity contribution in [2.24, 2.45) is 0 Å². The Morgan fingerprint density at radius 1 is 0.646 bits per heavy atom. The molecule has 232 valence electrons. The van der Waals surface area contributed by atoms with Gasteiger partial charge in [0.2, 0.25) is 0 Å². The van der Waals surface area contributed by atoms with Gasteiger partial charge >= 0.3 is 20.4 Å². The summed E-state index contributed by atoms with van der Waals surface area (Å²) in [6.45, 7) is 4.92. The monoisotopic (exact) mass is 744 g/mol. The van der Waals surface area contributed by atoms with Crippen molar-refractivity contribution in [3.8, 4) is 17.2 Å². The van der Waals surface area contributed by atoms with E-state index in [4.69, 9.17) is 9.72 Å². The van der Waals surface area contributed by atoms with Crippen LogP contribution in [0.25, 0.3) is 54.9 Å². The molecule has 0 N–H and O–H groups in total. The van der Waals surface area contributed by atoms with Crippen LogP contribution in [-0.4, -0.2) is 27.0 Å². The van der Waals surface area contributed by atoms with E-state index in [1.165, 1.54) is 25.6 Å². The van der Waals surface area contributed by atoms with Crippen molar-refractivity contribution in [3.63, 3.8) is 0 Å². The number of benzene rings is 5. The van der Waals surface area contributed by atoms with Gasteiger partial charge in [0, 0.05) is 56.2 Å². The predicted octanol–water partition coefficient (Wildman–Crippen LogP) is 8.81. The van der Waals surface area contributed by atoms with E-state index in [0.717, 1.165) is 49.6 Å². The summed E-state index contributed by atoms with van der Waals surface area (Å²) >= 11 is 1.89. The van der Waals surface area contributed by atoms with Crippen molar-refractivity contribution >= 4 is 79.5 Å². The number of para-hydroxylation sites is 1. The summed E-state index contributed by atoms with van der Waals surface area (Å²) in [5.41, 5.74) is 4.90. The second-order valence-electron chi connectivity index (χ2n) is 12.6. The quantitative estimate of drug-likeness (QED) is 0.103. The third kappa shape index (κ3) is 4.27. The van der Waals surface area contributed by atoms with Crippen LogP contribution in [0, 0.1) is 12.1 Å². The number of aromatic nitrogens is 4. The zero-order valence-corrected chi connectivity index (χ0v) is 29.3. The van der Waals surface area contributed by atoms with Crippen molar-refractivity contribution in [2.45, 2.75) is 22.9 Å². The van der Waals surface area contributed by atoms with Gasteiger partial charge in [0.25, 0.3) is 0 Å². The molecule has 0 atom stereocenters. The second kappa shape index (κ2) is 10.9. The summed E-state index contributed by atoms with van der Waals surface area (Å²) < 4.78 is 10.8. The molecule has 0 unspecified atom stereocenters. The third-order valence-corrected chi connectivity index (χ3v) is 14.6. The normalized spacial score (nSPS) is 13.5. The summed E-state index contributed by atoms with van der Waals surface area (Å²) in [5.74, 6) is 1.23. The Balaban J connectivity index is 0.00000314. The summed E-state index contributed by atoms with van der Waals surface area (Å²) in [7, 11) is -1.94. The number of imidazole rings is 1. The molecule has 1 aliphatic heterocycles. The Morgan fingerprint density at radius 3 is 2.40 bits per heavy atom. The Bertz CT molecular complexity index is 2750. The fourth-order valence-electron chi connectivity index (χ4n) is 7.29. The summed E-state index contributed by atoms with van der Waals surface area (Å²) in [6, 6.07) is 43.5. The zero-order chi connectivity index (χ0) is 31.3. The van der Waals surface area contributed by atoms with Gasteiger partial charge in [0.1, 0.15) is 13.7 Å². The number of ether oxygens (including phenoxy) is 1. The number of rotatable bonds is 3. The zero-order valence-electron chi connectivity index (χ0n) is 26.0. The van der Waals surface area contributed by atoms with Crippen molar-refractivity contribution < 1.29 is 25.2 Å². The van der Waals surface area contributed by atoms with E-state index in [9.17, 15) is 0 Å². The molecular weight excluding hydrogens is 719 g/mol. The first-order chi connectivity index (χ1) is 23.0. The topological polar surface area (TPSA) is 44.4 Å². The van der Waals surface area contributed by atoms with E-state index in [2.05, 4.69) is 118 Å². The van der Waals surface area contributed by atoms with Crippen molar-refractivity contribution in [1.29, 1.82) is 0 Å². The molecule has 0 radical (unpaired) electrons.